The van der Waals surface area contributed by atoms with Gasteiger partial charge in [0.25, 0.3) is 0 Å². The number of imidazole rings is 1. The molecule has 6 nitrogen and oxygen atoms in total. The first-order valence-electron chi connectivity index (χ1n) is 8.35. The zero-order chi connectivity index (χ0) is 20.3. The maximum Gasteiger partial charge on any atom is 0.416 e. The SMILES string of the molecule is CCOC(=O)COc1ccc(-c2nc3ccc(C(F)(F)F)cc3[nH]2)cc1OC. The van der Waals surface area contributed by atoms with Crippen molar-refractivity contribution < 1.29 is 32.2 Å². The standard InChI is InChI=1S/C19H17F3N2O4/c1-3-27-17(25)10-28-15-7-4-11(8-16(15)26-2)18-23-13-6-5-12(19(20,21)22)9-14(13)24-18/h4-9H,3,10H2,1-2H3,(H,23,24). The van der Waals surface area contributed by atoms with E-state index in [1.807, 2.05) is 0 Å². The van der Waals surface area contributed by atoms with Crippen LogP contribution in [0.25, 0.3) is 22.4 Å². The number of methoxy groups -OCH3 is 1. The van der Waals surface area contributed by atoms with E-state index >= 15 is 0 Å². The molecule has 9 heteroatoms. The van der Waals surface area contributed by atoms with Gasteiger partial charge in [0, 0.05) is 5.56 Å². The van der Waals surface area contributed by atoms with E-state index in [1.54, 1.807) is 25.1 Å². The van der Waals surface area contributed by atoms with Gasteiger partial charge in [0.15, 0.2) is 18.1 Å². The molecule has 148 valence electrons. The number of fused-ring (bicyclic) bond motifs is 1. The number of ether oxygens (including phenoxy) is 3. The molecule has 0 fully saturated rings. The van der Waals surface area contributed by atoms with Crippen molar-refractivity contribution >= 4 is 17.0 Å². The summed E-state index contributed by atoms with van der Waals surface area (Å²) in [4.78, 5) is 18.6. The molecule has 1 N–H and O–H groups in total. The third kappa shape index (κ3) is 4.19. The number of benzene rings is 2. The minimum absolute atomic E-state index is 0.250. The summed E-state index contributed by atoms with van der Waals surface area (Å²) in [5, 5.41) is 0. The molecule has 3 aromatic rings. The molecular weight excluding hydrogens is 377 g/mol. The summed E-state index contributed by atoms with van der Waals surface area (Å²) < 4.78 is 54.1. The van der Waals surface area contributed by atoms with Gasteiger partial charge in [-0.3, -0.25) is 0 Å². The Morgan fingerprint density at radius 3 is 2.61 bits per heavy atom. The summed E-state index contributed by atoms with van der Waals surface area (Å²) in [6.07, 6.45) is -4.43. The van der Waals surface area contributed by atoms with Crippen LogP contribution in [0.1, 0.15) is 12.5 Å². The molecule has 0 radical (unpaired) electrons. The van der Waals surface area contributed by atoms with E-state index in [0.717, 1.165) is 12.1 Å². The normalized spacial score (nSPS) is 11.5. The van der Waals surface area contributed by atoms with Gasteiger partial charge in [0.1, 0.15) is 5.82 Å². The minimum atomic E-state index is -4.43. The van der Waals surface area contributed by atoms with Crippen LogP contribution >= 0.6 is 0 Å². The smallest absolute Gasteiger partial charge is 0.416 e. The third-order valence-electron chi connectivity index (χ3n) is 3.90. The molecule has 0 spiro atoms. The van der Waals surface area contributed by atoms with Crippen LogP contribution in [0.5, 0.6) is 11.5 Å². The largest absolute Gasteiger partial charge is 0.493 e. The highest BCUT2D eigenvalue weighted by molar-refractivity contribution is 5.80. The molecule has 0 saturated heterocycles. The molecule has 0 aliphatic heterocycles. The van der Waals surface area contributed by atoms with Crippen LogP contribution in [-0.4, -0.2) is 36.3 Å². The molecule has 0 aliphatic carbocycles. The van der Waals surface area contributed by atoms with Crippen LogP contribution in [0.2, 0.25) is 0 Å². The number of aromatic nitrogens is 2. The Balaban J connectivity index is 1.88. The molecule has 1 aromatic heterocycles. The predicted molar refractivity (Wildman–Crippen MR) is 95.2 cm³/mol. The van der Waals surface area contributed by atoms with Crippen molar-refractivity contribution in [3.05, 3.63) is 42.0 Å². The fourth-order valence-corrected chi connectivity index (χ4v) is 2.60. The zero-order valence-electron chi connectivity index (χ0n) is 15.1. The molecule has 0 aliphatic rings. The van der Waals surface area contributed by atoms with Gasteiger partial charge in [0.2, 0.25) is 0 Å². The van der Waals surface area contributed by atoms with Crippen molar-refractivity contribution in [1.82, 2.24) is 9.97 Å². The number of halogens is 3. The first kappa shape index (κ1) is 19.5. The predicted octanol–water partition coefficient (Wildman–Crippen LogP) is 4.20. The van der Waals surface area contributed by atoms with Crippen molar-refractivity contribution in [2.24, 2.45) is 0 Å². The number of aromatic amines is 1. The van der Waals surface area contributed by atoms with Crippen molar-refractivity contribution in [1.29, 1.82) is 0 Å². The van der Waals surface area contributed by atoms with Crippen LogP contribution in [-0.2, 0) is 15.7 Å². The Morgan fingerprint density at radius 1 is 1.14 bits per heavy atom. The molecule has 0 amide bonds. The Kier molecular flexibility index (Phi) is 5.43. The van der Waals surface area contributed by atoms with Crippen molar-refractivity contribution in [2.75, 3.05) is 20.3 Å². The lowest BCUT2D eigenvalue weighted by Gasteiger charge is -2.11. The summed E-state index contributed by atoms with van der Waals surface area (Å²) in [5.74, 6) is 0.545. The van der Waals surface area contributed by atoms with Crippen LogP contribution in [0.4, 0.5) is 13.2 Å². The molecule has 0 unspecified atom stereocenters. The van der Waals surface area contributed by atoms with Gasteiger partial charge in [-0.15, -0.1) is 0 Å². The number of nitrogens with zero attached hydrogens (tertiary/aromatic N) is 1. The fourth-order valence-electron chi connectivity index (χ4n) is 2.60. The zero-order valence-corrected chi connectivity index (χ0v) is 15.1. The Bertz CT molecular complexity index is 998. The number of alkyl halides is 3. The molecule has 0 saturated carbocycles. The van der Waals surface area contributed by atoms with E-state index < -0.39 is 17.7 Å². The molecule has 0 bridgehead atoms. The Labute approximate surface area is 158 Å². The molecule has 3 rings (SSSR count). The second-order valence-electron chi connectivity index (χ2n) is 5.77. The second kappa shape index (κ2) is 7.79. The van der Waals surface area contributed by atoms with Gasteiger partial charge in [-0.2, -0.15) is 13.2 Å². The highest BCUT2D eigenvalue weighted by atomic mass is 19.4. The molecular formula is C19H17F3N2O4. The molecule has 28 heavy (non-hydrogen) atoms. The van der Waals surface area contributed by atoms with Crippen LogP contribution in [0.15, 0.2) is 36.4 Å². The number of carbonyl (C=O) groups is 1. The first-order valence-corrected chi connectivity index (χ1v) is 8.35. The van der Waals surface area contributed by atoms with E-state index in [1.165, 1.54) is 13.2 Å². The maximum atomic E-state index is 12.9. The van der Waals surface area contributed by atoms with E-state index in [4.69, 9.17) is 14.2 Å². The number of hydrogen-bond donors (Lipinski definition) is 1. The quantitative estimate of drug-likeness (QED) is 0.635. The lowest BCUT2D eigenvalue weighted by molar-refractivity contribution is -0.145. The minimum Gasteiger partial charge on any atom is -0.493 e. The number of esters is 1. The van der Waals surface area contributed by atoms with Crippen LogP contribution in [0, 0.1) is 0 Å². The topological polar surface area (TPSA) is 73.4 Å². The van der Waals surface area contributed by atoms with Crippen molar-refractivity contribution in [3.63, 3.8) is 0 Å². The molecule has 0 atom stereocenters. The van der Waals surface area contributed by atoms with Crippen molar-refractivity contribution in [3.8, 4) is 22.9 Å². The fraction of sp³-hybridized carbons (Fsp3) is 0.263. The van der Waals surface area contributed by atoms with E-state index in [2.05, 4.69) is 9.97 Å². The number of hydrogen-bond acceptors (Lipinski definition) is 5. The summed E-state index contributed by atoms with van der Waals surface area (Å²) in [5.41, 5.74) is 0.511. The Morgan fingerprint density at radius 2 is 1.93 bits per heavy atom. The highest BCUT2D eigenvalue weighted by Gasteiger charge is 2.30. The number of rotatable bonds is 6. The number of nitrogens with one attached hydrogen (secondary N) is 1. The highest BCUT2D eigenvalue weighted by Crippen LogP contribution is 2.34. The van der Waals surface area contributed by atoms with E-state index in [9.17, 15) is 18.0 Å². The summed E-state index contributed by atoms with van der Waals surface area (Å²) >= 11 is 0. The number of H-pyrrole nitrogens is 1. The molecule has 2 aromatic carbocycles. The third-order valence-corrected chi connectivity index (χ3v) is 3.90. The average Bonchev–Trinajstić information content (AvgIpc) is 3.09. The van der Waals surface area contributed by atoms with E-state index in [0.29, 0.717) is 28.4 Å². The van der Waals surface area contributed by atoms with Gasteiger partial charge < -0.3 is 19.2 Å². The van der Waals surface area contributed by atoms with Gasteiger partial charge in [-0.1, -0.05) is 0 Å². The number of carbonyl (C=O) groups excluding carboxylic acids is 1. The van der Waals surface area contributed by atoms with Crippen LogP contribution < -0.4 is 9.47 Å². The average molecular weight is 394 g/mol. The summed E-state index contributed by atoms with van der Waals surface area (Å²) in [7, 11) is 1.44. The monoisotopic (exact) mass is 394 g/mol. The lowest BCUT2D eigenvalue weighted by Crippen LogP contribution is -2.14. The summed E-state index contributed by atoms with van der Waals surface area (Å²) in [6, 6.07) is 8.17. The lowest BCUT2D eigenvalue weighted by atomic mass is 10.2. The molecule has 1 heterocycles. The first-order chi connectivity index (χ1) is 13.3. The second-order valence-corrected chi connectivity index (χ2v) is 5.77. The Hall–Kier alpha value is -3.23. The van der Waals surface area contributed by atoms with E-state index in [-0.39, 0.29) is 18.7 Å². The van der Waals surface area contributed by atoms with Crippen molar-refractivity contribution in [2.45, 2.75) is 13.1 Å². The van der Waals surface area contributed by atoms with Gasteiger partial charge in [0.05, 0.1) is 30.3 Å². The summed E-state index contributed by atoms with van der Waals surface area (Å²) in [6.45, 7) is 1.67. The van der Waals surface area contributed by atoms with Crippen LogP contribution in [0.3, 0.4) is 0 Å². The maximum absolute atomic E-state index is 12.9. The van der Waals surface area contributed by atoms with Gasteiger partial charge >= 0.3 is 12.1 Å². The van der Waals surface area contributed by atoms with Gasteiger partial charge in [-0.25, -0.2) is 9.78 Å². The van der Waals surface area contributed by atoms with Gasteiger partial charge in [-0.05, 0) is 43.3 Å².